The van der Waals surface area contributed by atoms with Gasteiger partial charge in [0.25, 0.3) is 0 Å². The highest BCUT2D eigenvalue weighted by molar-refractivity contribution is 5.17. The van der Waals surface area contributed by atoms with Crippen LogP contribution in [0.3, 0.4) is 0 Å². The third kappa shape index (κ3) is 7.60. The number of aromatic nitrogens is 2. The molecule has 3 aromatic carbocycles. The Morgan fingerprint density at radius 2 is 1.26 bits per heavy atom. The molecule has 0 unspecified atom stereocenters. The van der Waals surface area contributed by atoms with E-state index in [1.54, 1.807) is 10.9 Å². The molecule has 0 radical (unpaired) electrons. The van der Waals surface area contributed by atoms with Gasteiger partial charge in [-0.1, -0.05) is 91.0 Å². The van der Waals surface area contributed by atoms with Crippen LogP contribution >= 0.6 is 0 Å². The van der Waals surface area contributed by atoms with Gasteiger partial charge in [0.15, 0.2) is 0 Å². The van der Waals surface area contributed by atoms with Crippen molar-refractivity contribution in [2.24, 2.45) is 7.05 Å². The number of rotatable bonds is 13. The monoisotopic (exact) mass is 472 g/mol. The summed E-state index contributed by atoms with van der Waals surface area (Å²) in [5.74, 6) is 0. The van der Waals surface area contributed by atoms with Gasteiger partial charge in [0.1, 0.15) is 18.3 Å². The molecule has 0 bridgehead atoms. The van der Waals surface area contributed by atoms with Gasteiger partial charge in [-0.3, -0.25) is 4.68 Å². The maximum atomic E-state index is 11.2. The molecule has 0 aliphatic carbocycles. The molecule has 6 heteroatoms. The molecule has 0 saturated carbocycles. The van der Waals surface area contributed by atoms with E-state index in [2.05, 4.69) is 5.10 Å². The van der Waals surface area contributed by atoms with Crippen molar-refractivity contribution in [1.29, 1.82) is 0 Å². The highest BCUT2D eigenvalue weighted by Crippen LogP contribution is 2.28. The first-order chi connectivity index (χ1) is 17.2. The molecule has 4 aromatic rings. The molecular weight excluding hydrogens is 440 g/mol. The molecule has 1 N–H and O–H groups in total. The van der Waals surface area contributed by atoms with E-state index in [4.69, 9.17) is 14.2 Å². The molecule has 0 amide bonds. The molecule has 1 heterocycles. The minimum Gasteiger partial charge on any atom is -0.388 e. The number of aliphatic hydroxyl groups is 1. The second-order valence-electron chi connectivity index (χ2n) is 8.49. The molecule has 0 aliphatic heterocycles. The summed E-state index contributed by atoms with van der Waals surface area (Å²) >= 11 is 0. The Hall–Kier alpha value is -3.29. The lowest BCUT2D eigenvalue weighted by Crippen LogP contribution is -2.39. The van der Waals surface area contributed by atoms with E-state index in [1.165, 1.54) is 0 Å². The fraction of sp³-hybridized carbons (Fsp3) is 0.276. The molecule has 6 nitrogen and oxygen atoms in total. The van der Waals surface area contributed by atoms with Crippen LogP contribution < -0.4 is 0 Å². The van der Waals surface area contributed by atoms with E-state index in [0.717, 1.165) is 22.3 Å². The lowest BCUT2D eigenvalue weighted by molar-refractivity contribution is -0.149. The summed E-state index contributed by atoms with van der Waals surface area (Å²) in [7, 11) is 1.86. The lowest BCUT2D eigenvalue weighted by atomic mass is 10.0. The van der Waals surface area contributed by atoms with Crippen molar-refractivity contribution in [1.82, 2.24) is 9.78 Å². The fourth-order valence-electron chi connectivity index (χ4n) is 3.86. The predicted octanol–water partition coefficient (Wildman–Crippen LogP) is 4.84. The Morgan fingerprint density at radius 1 is 0.743 bits per heavy atom. The molecule has 0 spiro atoms. The molecular formula is C29H32N2O4. The molecule has 1 aromatic heterocycles. The van der Waals surface area contributed by atoms with Gasteiger partial charge in [0, 0.05) is 18.8 Å². The van der Waals surface area contributed by atoms with E-state index in [1.807, 2.05) is 104 Å². The molecule has 35 heavy (non-hydrogen) atoms. The second kappa shape index (κ2) is 13.0. The second-order valence-corrected chi connectivity index (χ2v) is 8.49. The van der Waals surface area contributed by atoms with Crippen molar-refractivity contribution in [3.63, 3.8) is 0 Å². The van der Waals surface area contributed by atoms with Gasteiger partial charge in [0.05, 0.1) is 32.6 Å². The SMILES string of the molecule is Cn1cc([C@H](OCc2ccccc2)[C@H](OCc2ccccc2)[C@H](O)COCc2ccccc2)cn1. The third-order valence-electron chi connectivity index (χ3n) is 5.69. The normalized spacial score (nSPS) is 13.9. The summed E-state index contributed by atoms with van der Waals surface area (Å²) in [6.45, 7) is 1.24. The van der Waals surface area contributed by atoms with Gasteiger partial charge in [-0.05, 0) is 16.7 Å². The zero-order valence-electron chi connectivity index (χ0n) is 19.9. The topological polar surface area (TPSA) is 65.7 Å². The van der Waals surface area contributed by atoms with Crippen molar-refractivity contribution in [3.8, 4) is 0 Å². The maximum Gasteiger partial charge on any atom is 0.116 e. The molecule has 0 fully saturated rings. The van der Waals surface area contributed by atoms with Crippen molar-refractivity contribution in [2.75, 3.05) is 6.61 Å². The van der Waals surface area contributed by atoms with E-state index < -0.39 is 18.3 Å². The summed E-state index contributed by atoms with van der Waals surface area (Å²) in [6.07, 6.45) is 1.53. The fourth-order valence-corrected chi connectivity index (χ4v) is 3.86. The number of aliphatic hydroxyl groups excluding tert-OH is 1. The van der Waals surface area contributed by atoms with Gasteiger partial charge in [0.2, 0.25) is 0 Å². The summed E-state index contributed by atoms with van der Waals surface area (Å²) in [5, 5.41) is 15.6. The van der Waals surface area contributed by atoms with Crippen LogP contribution in [0.25, 0.3) is 0 Å². The molecule has 4 rings (SSSR count). The highest BCUT2D eigenvalue weighted by atomic mass is 16.6. The summed E-state index contributed by atoms with van der Waals surface area (Å²) < 4.78 is 20.3. The third-order valence-corrected chi connectivity index (χ3v) is 5.69. The summed E-state index contributed by atoms with van der Waals surface area (Å²) in [4.78, 5) is 0. The first-order valence-electron chi connectivity index (χ1n) is 11.8. The molecule has 182 valence electrons. The van der Waals surface area contributed by atoms with Crippen molar-refractivity contribution in [3.05, 3.63) is 126 Å². The van der Waals surface area contributed by atoms with Gasteiger partial charge >= 0.3 is 0 Å². The van der Waals surface area contributed by atoms with Crippen LogP contribution in [0.4, 0.5) is 0 Å². The standard InChI is InChI=1S/C29H32N2O4/c1-31-18-26(17-30-31)28(34-20-24-13-7-3-8-14-24)29(35-21-25-15-9-4-10-16-25)27(32)22-33-19-23-11-5-2-6-12-23/h2-18,27-29,32H,19-22H2,1H3/t27-,28+,29-/m1/s1. The number of nitrogens with zero attached hydrogens (tertiary/aromatic N) is 2. The van der Waals surface area contributed by atoms with Crippen LogP contribution in [0.1, 0.15) is 28.4 Å². The van der Waals surface area contributed by atoms with Gasteiger partial charge in [-0.25, -0.2) is 0 Å². The Bertz CT molecular complexity index is 1120. The Balaban J connectivity index is 1.51. The van der Waals surface area contributed by atoms with E-state index >= 15 is 0 Å². The van der Waals surface area contributed by atoms with Gasteiger partial charge in [-0.15, -0.1) is 0 Å². The van der Waals surface area contributed by atoms with Gasteiger partial charge < -0.3 is 19.3 Å². The quantitative estimate of drug-likeness (QED) is 0.302. The number of aryl methyl sites for hydroxylation is 1. The van der Waals surface area contributed by atoms with Crippen LogP contribution in [-0.4, -0.2) is 33.7 Å². The van der Waals surface area contributed by atoms with Crippen LogP contribution in [-0.2, 0) is 41.1 Å². The highest BCUT2D eigenvalue weighted by Gasteiger charge is 2.33. The number of benzene rings is 3. The first-order valence-corrected chi connectivity index (χ1v) is 11.8. The van der Waals surface area contributed by atoms with Crippen molar-refractivity contribution in [2.45, 2.75) is 38.1 Å². The lowest BCUT2D eigenvalue weighted by Gasteiger charge is -2.31. The number of ether oxygens (including phenoxy) is 3. The maximum absolute atomic E-state index is 11.2. The average Bonchev–Trinajstić information content (AvgIpc) is 3.33. The number of hydrogen-bond acceptors (Lipinski definition) is 5. The van der Waals surface area contributed by atoms with Gasteiger partial charge in [-0.2, -0.15) is 5.10 Å². The zero-order valence-corrected chi connectivity index (χ0v) is 19.9. The molecule has 3 atom stereocenters. The zero-order chi connectivity index (χ0) is 24.3. The smallest absolute Gasteiger partial charge is 0.116 e. The largest absolute Gasteiger partial charge is 0.388 e. The predicted molar refractivity (Wildman–Crippen MR) is 134 cm³/mol. The van der Waals surface area contributed by atoms with Crippen molar-refractivity contribution < 1.29 is 19.3 Å². The summed E-state index contributed by atoms with van der Waals surface area (Å²) in [6, 6.07) is 29.8. The Labute approximate surface area is 206 Å². The molecule has 0 saturated heterocycles. The Morgan fingerprint density at radius 3 is 1.77 bits per heavy atom. The first kappa shape index (κ1) is 24.8. The van der Waals surface area contributed by atoms with Crippen molar-refractivity contribution >= 4 is 0 Å². The van der Waals surface area contributed by atoms with Crippen LogP contribution in [0.15, 0.2) is 103 Å². The molecule has 0 aliphatic rings. The van der Waals surface area contributed by atoms with E-state index in [-0.39, 0.29) is 6.61 Å². The van der Waals surface area contributed by atoms with E-state index in [9.17, 15) is 5.11 Å². The minimum atomic E-state index is -0.914. The minimum absolute atomic E-state index is 0.111. The van der Waals surface area contributed by atoms with Crippen LogP contribution in [0.5, 0.6) is 0 Å². The number of hydrogen-bond donors (Lipinski definition) is 1. The Kier molecular flexibility index (Phi) is 9.20. The van der Waals surface area contributed by atoms with Crippen LogP contribution in [0, 0.1) is 0 Å². The van der Waals surface area contributed by atoms with E-state index in [0.29, 0.717) is 19.8 Å². The summed E-state index contributed by atoms with van der Waals surface area (Å²) in [5.41, 5.74) is 3.94. The van der Waals surface area contributed by atoms with Crippen LogP contribution in [0.2, 0.25) is 0 Å². The average molecular weight is 473 g/mol.